The number of benzene rings is 3. The molecule has 3 aromatic rings. The van der Waals surface area contributed by atoms with Gasteiger partial charge in [0.2, 0.25) is 0 Å². The van der Waals surface area contributed by atoms with E-state index in [1.54, 1.807) is 18.9 Å². The summed E-state index contributed by atoms with van der Waals surface area (Å²) < 4.78 is 5.26. The normalized spacial score (nSPS) is 10.7. The second-order valence-corrected chi connectivity index (χ2v) is 5.66. The number of anilines is 1. The van der Waals surface area contributed by atoms with Crippen LogP contribution < -0.4 is 10.5 Å². The fourth-order valence-corrected chi connectivity index (χ4v) is 3.02. The minimum Gasteiger partial charge on any atom is -0.495 e. The molecule has 0 aromatic heterocycles. The van der Waals surface area contributed by atoms with Crippen molar-refractivity contribution in [3.05, 3.63) is 60.7 Å². The van der Waals surface area contributed by atoms with E-state index >= 15 is 0 Å². The third kappa shape index (κ3) is 2.58. The summed E-state index contributed by atoms with van der Waals surface area (Å²) in [4.78, 5) is 2.32. The van der Waals surface area contributed by atoms with Crippen LogP contribution >= 0.6 is 11.8 Å². The predicted octanol–water partition coefficient (Wildman–Crippen LogP) is 4.58. The molecule has 3 aromatic carbocycles. The van der Waals surface area contributed by atoms with Crippen molar-refractivity contribution in [3.8, 4) is 5.75 Å². The summed E-state index contributed by atoms with van der Waals surface area (Å²) in [6.07, 6.45) is 0. The maximum absolute atomic E-state index is 5.83. The Morgan fingerprint density at radius 3 is 2.35 bits per heavy atom. The van der Waals surface area contributed by atoms with Gasteiger partial charge in [0.25, 0.3) is 0 Å². The number of hydrogen-bond donors (Lipinski definition) is 1. The molecule has 0 saturated carbocycles. The maximum atomic E-state index is 5.83. The summed E-state index contributed by atoms with van der Waals surface area (Å²) in [5.41, 5.74) is 6.50. The highest BCUT2D eigenvalue weighted by Crippen LogP contribution is 2.34. The molecule has 0 spiro atoms. The van der Waals surface area contributed by atoms with Gasteiger partial charge in [0.1, 0.15) is 5.75 Å². The monoisotopic (exact) mass is 281 g/mol. The van der Waals surface area contributed by atoms with Gasteiger partial charge >= 0.3 is 0 Å². The van der Waals surface area contributed by atoms with Gasteiger partial charge in [-0.25, -0.2) is 0 Å². The van der Waals surface area contributed by atoms with E-state index in [1.165, 1.54) is 15.7 Å². The van der Waals surface area contributed by atoms with E-state index in [4.69, 9.17) is 10.5 Å². The zero-order valence-electron chi connectivity index (χ0n) is 11.2. The van der Waals surface area contributed by atoms with Crippen molar-refractivity contribution in [1.82, 2.24) is 0 Å². The molecule has 0 fully saturated rings. The summed E-state index contributed by atoms with van der Waals surface area (Å²) in [6.45, 7) is 0. The van der Waals surface area contributed by atoms with Gasteiger partial charge in [-0.1, -0.05) is 42.1 Å². The molecule has 0 unspecified atom stereocenters. The Hall–Kier alpha value is -2.13. The second kappa shape index (κ2) is 5.47. The van der Waals surface area contributed by atoms with Gasteiger partial charge in [0.15, 0.2) is 0 Å². The van der Waals surface area contributed by atoms with Crippen LogP contribution in [0.2, 0.25) is 0 Å². The molecule has 0 heterocycles. The van der Waals surface area contributed by atoms with E-state index in [-0.39, 0.29) is 0 Å². The Balaban J connectivity index is 1.92. The lowest BCUT2D eigenvalue weighted by molar-refractivity contribution is 0.416. The minimum atomic E-state index is 0.662. The third-order valence-corrected chi connectivity index (χ3v) is 4.14. The van der Waals surface area contributed by atoms with Gasteiger partial charge in [-0.15, -0.1) is 0 Å². The van der Waals surface area contributed by atoms with Crippen LogP contribution in [0.1, 0.15) is 0 Å². The van der Waals surface area contributed by atoms with E-state index in [0.717, 1.165) is 10.6 Å². The molecule has 0 aliphatic carbocycles. The Labute approximate surface area is 122 Å². The maximum Gasteiger partial charge on any atom is 0.142 e. The molecule has 0 saturated heterocycles. The van der Waals surface area contributed by atoms with Gasteiger partial charge in [-0.2, -0.15) is 0 Å². The molecule has 0 bridgehead atoms. The van der Waals surface area contributed by atoms with Gasteiger partial charge in [0.05, 0.1) is 12.8 Å². The van der Waals surface area contributed by atoms with Crippen LogP contribution in [0.15, 0.2) is 70.5 Å². The smallest absolute Gasteiger partial charge is 0.142 e. The first-order valence-corrected chi connectivity index (χ1v) is 7.18. The summed E-state index contributed by atoms with van der Waals surface area (Å²) in [5, 5.41) is 2.51. The molecule has 2 nitrogen and oxygen atoms in total. The van der Waals surface area contributed by atoms with Gasteiger partial charge < -0.3 is 10.5 Å². The van der Waals surface area contributed by atoms with E-state index in [0.29, 0.717) is 5.69 Å². The first kappa shape index (κ1) is 12.9. The molecule has 3 heteroatoms. The van der Waals surface area contributed by atoms with Crippen LogP contribution in [0.5, 0.6) is 5.75 Å². The van der Waals surface area contributed by atoms with Crippen LogP contribution in [0.3, 0.4) is 0 Å². The van der Waals surface area contributed by atoms with Crippen molar-refractivity contribution in [2.24, 2.45) is 0 Å². The van der Waals surface area contributed by atoms with Crippen molar-refractivity contribution in [2.75, 3.05) is 12.8 Å². The first-order chi connectivity index (χ1) is 9.76. The molecule has 3 rings (SSSR count). The summed E-state index contributed by atoms with van der Waals surface area (Å²) >= 11 is 1.71. The molecule has 0 aliphatic rings. The molecule has 0 amide bonds. The van der Waals surface area contributed by atoms with Crippen LogP contribution in [0, 0.1) is 0 Å². The lowest BCUT2D eigenvalue weighted by Gasteiger charge is -2.08. The SMILES string of the molecule is COc1cc(Sc2ccc3ccccc3c2)ccc1N. The highest BCUT2D eigenvalue weighted by molar-refractivity contribution is 7.99. The second-order valence-electron chi connectivity index (χ2n) is 4.51. The van der Waals surface area contributed by atoms with Gasteiger partial charge in [-0.3, -0.25) is 0 Å². The highest BCUT2D eigenvalue weighted by atomic mass is 32.2. The standard InChI is InChI=1S/C17H15NOS/c1-19-17-11-15(8-9-16(17)18)20-14-7-6-12-4-2-3-5-13(12)10-14/h2-11H,18H2,1H3. The molecule has 0 radical (unpaired) electrons. The van der Waals surface area contributed by atoms with Crippen LogP contribution in [-0.2, 0) is 0 Å². The van der Waals surface area contributed by atoms with E-state index in [9.17, 15) is 0 Å². The summed E-state index contributed by atoms with van der Waals surface area (Å²) in [6, 6.07) is 20.7. The first-order valence-electron chi connectivity index (χ1n) is 6.36. The fraction of sp³-hybridized carbons (Fsp3) is 0.0588. The molecular weight excluding hydrogens is 266 g/mol. The van der Waals surface area contributed by atoms with Crippen molar-refractivity contribution >= 4 is 28.2 Å². The molecule has 20 heavy (non-hydrogen) atoms. The van der Waals surface area contributed by atoms with Crippen LogP contribution in [-0.4, -0.2) is 7.11 Å². The van der Waals surface area contributed by atoms with Crippen molar-refractivity contribution in [1.29, 1.82) is 0 Å². The highest BCUT2D eigenvalue weighted by Gasteiger charge is 2.03. The number of nitrogen functional groups attached to an aromatic ring is 1. The van der Waals surface area contributed by atoms with Gasteiger partial charge in [-0.05, 0) is 41.1 Å². The number of nitrogens with two attached hydrogens (primary N) is 1. The Morgan fingerprint density at radius 2 is 1.55 bits per heavy atom. The van der Waals surface area contributed by atoms with Crippen LogP contribution in [0.4, 0.5) is 5.69 Å². The number of methoxy groups -OCH3 is 1. The fourth-order valence-electron chi connectivity index (χ4n) is 2.12. The van der Waals surface area contributed by atoms with E-state index in [1.807, 2.05) is 18.2 Å². The topological polar surface area (TPSA) is 35.2 Å². The largest absolute Gasteiger partial charge is 0.495 e. The molecular formula is C17H15NOS. The predicted molar refractivity (Wildman–Crippen MR) is 85.5 cm³/mol. The number of fused-ring (bicyclic) bond motifs is 1. The average molecular weight is 281 g/mol. The average Bonchev–Trinajstić information content (AvgIpc) is 2.49. The van der Waals surface area contributed by atoms with E-state index < -0.39 is 0 Å². The van der Waals surface area contributed by atoms with Crippen molar-refractivity contribution < 1.29 is 4.74 Å². The van der Waals surface area contributed by atoms with Crippen molar-refractivity contribution in [2.45, 2.75) is 9.79 Å². The number of rotatable bonds is 3. The Kier molecular flexibility index (Phi) is 3.52. The quantitative estimate of drug-likeness (QED) is 0.714. The van der Waals surface area contributed by atoms with Gasteiger partial charge in [0, 0.05) is 9.79 Å². The lowest BCUT2D eigenvalue weighted by Crippen LogP contribution is -1.91. The summed E-state index contributed by atoms with van der Waals surface area (Å²) in [5.74, 6) is 0.718. The number of hydrogen-bond acceptors (Lipinski definition) is 3. The minimum absolute atomic E-state index is 0.662. The van der Waals surface area contributed by atoms with E-state index in [2.05, 4.69) is 42.5 Å². The molecule has 0 aliphatic heterocycles. The molecule has 2 N–H and O–H groups in total. The molecule has 100 valence electrons. The summed E-state index contributed by atoms with van der Waals surface area (Å²) in [7, 11) is 1.64. The number of ether oxygens (including phenoxy) is 1. The Morgan fingerprint density at radius 1 is 0.850 bits per heavy atom. The zero-order valence-corrected chi connectivity index (χ0v) is 12.0. The van der Waals surface area contributed by atoms with Crippen molar-refractivity contribution in [3.63, 3.8) is 0 Å². The van der Waals surface area contributed by atoms with Crippen LogP contribution in [0.25, 0.3) is 10.8 Å². The zero-order chi connectivity index (χ0) is 13.9. The third-order valence-electron chi connectivity index (χ3n) is 3.16. The lowest BCUT2D eigenvalue weighted by atomic mass is 10.1. The Bertz CT molecular complexity index is 755. The molecule has 0 atom stereocenters.